The highest BCUT2D eigenvalue weighted by Crippen LogP contribution is 2.34. The van der Waals surface area contributed by atoms with Crippen LogP contribution in [0.3, 0.4) is 0 Å². The van der Waals surface area contributed by atoms with E-state index >= 15 is 0 Å². The zero-order chi connectivity index (χ0) is 22.4. The Labute approximate surface area is 181 Å². The van der Waals surface area contributed by atoms with Gasteiger partial charge < -0.3 is 19.7 Å². The van der Waals surface area contributed by atoms with E-state index in [9.17, 15) is 17.2 Å². The van der Waals surface area contributed by atoms with Crippen molar-refractivity contribution in [2.75, 3.05) is 49.0 Å². The third-order valence-corrected chi connectivity index (χ3v) is 6.78. The molecule has 2 aromatic carbocycles. The summed E-state index contributed by atoms with van der Waals surface area (Å²) in [4.78, 5) is 2.19. The van der Waals surface area contributed by atoms with Gasteiger partial charge in [0.15, 0.2) is 0 Å². The van der Waals surface area contributed by atoms with Crippen LogP contribution in [-0.2, 0) is 10.0 Å². The lowest BCUT2D eigenvalue weighted by atomic mass is 10.2. The number of ether oxygens (including phenoxy) is 2. The molecule has 0 atom stereocenters. The van der Waals surface area contributed by atoms with E-state index < -0.39 is 16.6 Å². The molecule has 7 nitrogen and oxygen atoms in total. The Kier molecular flexibility index (Phi) is 7.55. The molecule has 1 aliphatic heterocycles. The van der Waals surface area contributed by atoms with Gasteiger partial charge >= 0.3 is 6.61 Å². The smallest absolute Gasteiger partial charge is 0.387 e. The molecule has 0 saturated carbocycles. The summed E-state index contributed by atoms with van der Waals surface area (Å²) < 4.78 is 63.5. The Morgan fingerprint density at radius 1 is 1.16 bits per heavy atom. The SMILES string of the molecule is CCCN(c1cccc(OC(F)F)c1)S(=O)(=O)c1ccc(OC)c(N2CCNCC2)c1. The molecule has 0 aromatic heterocycles. The van der Waals surface area contributed by atoms with Gasteiger partial charge in [0, 0.05) is 38.8 Å². The van der Waals surface area contributed by atoms with Gasteiger partial charge in [0.1, 0.15) is 11.5 Å². The molecule has 10 heteroatoms. The quantitative estimate of drug-likeness (QED) is 0.626. The third kappa shape index (κ3) is 5.37. The Bertz CT molecular complexity index is 982. The van der Waals surface area contributed by atoms with Crippen molar-refractivity contribution in [3.8, 4) is 11.5 Å². The number of hydrogen-bond donors (Lipinski definition) is 1. The second-order valence-corrected chi connectivity index (χ2v) is 8.89. The van der Waals surface area contributed by atoms with Gasteiger partial charge in [0.2, 0.25) is 0 Å². The molecule has 0 unspecified atom stereocenters. The van der Waals surface area contributed by atoms with Crippen LogP contribution in [0.1, 0.15) is 13.3 Å². The van der Waals surface area contributed by atoms with E-state index in [2.05, 4.69) is 15.0 Å². The van der Waals surface area contributed by atoms with Crippen LogP contribution in [0.2, 0.25) is 0 Å². The van der Waals surface area contributed by atoms with Gasteiger partial charge in [-0.25, -0.2) is 8.42 Å². The summed E-state index contributed by atoms with van der Waals surface area (Å²) in [5, 5.41) is 3.27. The van der Waals surface area contributed by atoms with E-state index in [-0.39, 0.29) is 22.9 Å². The van der Waals surface area contributed by atoms with Gasteiger partial charge in [0.25, 0.3) is 10.0 Å². The largest absolute Gasteiger partial charge is 0.495 e. The molecular formula is C21H27F2N3O4S. The molecule has 0 amide bonds. The Hall–Kier alpha value is -2.59. The van der Waals surface area contributed by atoms with E-state index in [1.807, 2.05) is 6.92 Å². The molecule has 1 N–H and O–H groups in total. The number of nitrogens with one attached hydrogen (secondary N) is 1. The van der Waals surface area contributed by atoms with Crippen molar-refractivity contribution in [3.05, 3.63) is 42.5 Å². The fraction of sp³-hybridized carbons (Fsp3) is 0.429. The Morgan fingerprint density at radius 2 is 1.90 bits per heavy atom. The lowest BCUT2D eigenvalue weighted by Gasteiger charge is -2.31. The summed E-state index contributed by atoms with van der Waals surface area (Å²) in [7, 11) is -2.41. The zero-order valence-corrected chi connectivity index (χ0v) is 18.4. The molecular weight excluding hydrogens is 428 g/mol. The molecule has 2 aromatic rings. The molecule has 0 radical (unpaired) electrons. The number of halogens is 2. The zero-order valence-electron chi connectivity index (χ0n) is 17.6. The van der Waals surface area contributed by atoms with Gasteiger partial charge in [-0.2, -0.15) is 8.78 Å². The second kappa shape index (κ2) is 10.1. The standard InChI is InChI=1S/C21H27F2N3O4S/c1-3-11-26(16-5-4-6-17(14-16)30-21(22)23)31(27,28)18-7-8-20(29-2)19(15-18)25-12-9-24-10-13-25/h4-8,14-15,21,24H,3,9-13H2,1-2H3. The van der Waals surface area contributed by atoms with Crippen molar-refractivity contribution in [3.63, 3.8) is 0 Å². The van der Waals surface area contributed by atoms with Crippen molar-refractivity contribution >= 4 is 21.4 Å². The minimum Gasteiger partial charge on any atom is -0.495 e. The first-order valence-corrected chi connectivity index (χ1v) is 11.5. The summed E-state index contributed by atoms with van der Waals surface area (Å²) in [5.41, 5.74) is 0.968. The summed E-state index contributed by atoms with van der Waals surface area (Å²) in [5.74, 6) is 0.496. The number of nitrogens with zero attached hydrogens (tertiary/aromatic N) is 2. The molecule has 1 aliphatic rings. The first-order chi connectivity index (χ1) is 14.9. The highest BCUT2D eigenvalue weighted by atomic mass is 32.2. The van der Waals surface area contributed by atoms with Crippen LogP contribution in [0.15, 0.2) is 47.4 Å². The minimum absolute atomic E-state index is 0.0972. The highest BCUT2D eigenvalue weighted by Gasteiger charge is 2.27. The first-order valence-electron chi connectivity index (χ1n) is 10.1. The normalized spacial score (nSPS) is 14.5. The number of anilines is 2. The summed E-state index contributed by atoms with van der Waals surface area (Å²) in [6, 6.07) is 10.5. The average Bonchev–Trinajstić information content (AvgIpc) is 2.77. The fourth-order valence-corrected chi connectivity index (χ4v) is 5.09. The van der Waals surface area contributed by atoms with E-state index in [0.29, 0.717) is 17.9 Å². The molecule has 3 rings (SSSR count). The Morgan fingerprint density at radius 3 is 2.55 bits per heavy atom. The number of benzene rings is 2. The lowest BCUT2D eigenvalue weighted by Crippen LogP contribution is -2.43. The van der Waals surface area contributed by atoms with Gasteiger partial charge in [-0.05, 0) is 36.8 Å². The van der Waals surface area contributed by atoms with Gasteiger partial charge in [-0.1, -0.05) is 13.0 Å². The number of hydrogen-bond acceptors (Lipinski definition) is 6. The van der Waals surface area contributed by atoms with Crippen molar-refractivity contribution in [1.82, 2.24) is 5.32 Å². The Balaban J connectivity index is 2.01. The van der Waals surface area contributed by atoms with Gasteiger partial charge in [-0.3, -0.25) is 4.31 Å². The maximum atomic E-state index is 13.6. The molecule has 31 heavy (non-hydrogen) atoms. The molecule has 0 bridgehead atoms. The van der Waals surface area contributed by atoms with Gasteiger partial charge in [-0.15, -0.1) is 0 Å². The predicted octanol–water partition coefficient (Wildman–Crippen LogP) is 3.31. The second-order valence-electron chi connectivity index (χ2n) is 7.02. The summed E-state index contributed by atoms with van der Waals surface area (Å²) >= 11 is 0. The van der Waals surface area contributed by atoms with E-state index in [0.717, 1.165) is 26.2 Å². The molecule has 1 heterocycles. The summed E-state index contributed by atoms with van der Waals surface area (Å²) in [6.45, 7) is 2.09. The number of sulfonamides is 1. The monoisotopic (exact) mass is 455 g/mol. The van der Waals surface area contributed by atoms with Gasteiger partial charge in [0.05, 0.1) is 23.4 Å². The summed E-state index contributed by atoms with van der Waals surface area (Å²) in [6.07, 6.45) is 0.542. The van der Waals surface area contributed by atoms with E-state index in [1.54, 1.807) is 25.3 Å². The van der Waals surface area contributed by atoms with Crippen LogP contribution < -0.4 is 24.0 Å². The first kappa shape index (κ1) is 23.1. The van der Waals surface area contributed by atoms with Crippen molar-refractivity contribution in [2.24, 2.45) is 0 Å². The predicted molar refractivity (Wildman–Crippen MR) is 116 cm³/mol. The molecule has 1 saturated heterocycles. The molecule has 170 valence electrons. The maximum absolute atomic E-state index is 13.6. The topological polar surface area (TPSA) is 71.1 Å². The van der Waals surface area contributed by atoms with E-state index in [4.69, 9.17) is 4.74 Å². The molecule has 0 aliphatic carbocycles. The van der Waals surface area contributed by atoms with Crippen LogP contribution >= 0.6 is 0 Å². The van der Waals surface area contributed by atoms with Crippen LogP contribution in [0.5, 0.6) is 11.5 Å². The maximum Gasteiger partial charge on any atom is 0.387 e. The number of rotatable bonds is 9. The molecule has 1 fully saturated rings. The average molecular weight is 456 g/mol. The van der Waals surface area contributed by atoms with Crippen molar-refractivity contribution in [1.29, 1.82) is 0 Å². The lowest BCUT2D eigenvalue weighted by molar-refractivity contribution is -0.0498. The molecule has 0 spiro atoms. The van der Waals surface area contributed by atoms with Crippen LogP contribution in [0.25, 0.3) is 0 Å². The van der Waals surface area contributed by atoms with Crippen LogP contribution in [0, 0.1) is 0 Å². The van der Waals surface area contributed by atoms with E-state index in [1.165, 1.54) is 28.6 Å². The van der Waals surface area contributed by atoms with Crippen LogP contribution in [0.4, 0.5) is 20.2 Å². The minimum atomic E-state index is -3.96. The number of piperazine rings is 1. The van der Waals surface area contributed by atoms with Crippen molar-refractivity contribution in [2.45, 2.75) is 24.9 Å². The highest BCUT2D eigenvalue weighted by molar-refractivity contribution is 7.92. The number of alkyl halides is 2. The van der Waals surface area contributed by atoms with Crippen molar-refractivity contribution < 1.29 is 26.7 Å². The van der Waals surface area contributed by atoms with Crippen LogP contribution in [-0.4, -0.2) is 54.9 Å². The third-order valence-electron chi connectivity index (χ3n) is 4.95. The number of methoxy groups -OCH3 is 1. The fourth-order valence-electron chi connectivity index (χ4n) is 3.52.